The van der Waals surface area contributed by atoms with Crippen molar-refractivity contribution in [3.63, 3.8) is 0 Å². The van der Waals surface area contributed by atoms with Gasteiger partial charge in [0.2, 0.25) is 0 Å². The van der Waals surface area contributed by atoms with Crippen LogP contribution in [0.3, 0.4) is 0 Å². The molecule has 0 aromatic carbocycles. The first-order chi connectivity index (χ1) is 16.7. The predicted molar refractivity (Wildman–Crippen MR) is 148 cm³/mol. The molecular weight excluding hydrogens is 455 g/mol. The minimum absolute atomic E-state index is 0.348. The molecule has 4 heteroatoms. The fourth-order valence-electron chi connectivity index (χ4n) is 7.54. The fourth-order valence-corrected chi connectivity index (χ4v) is 7.73. The number of halogens is 2. The Morgan fingerprint density at radius 3 is 2.69 bits per heavy atom. The van der Waals surface area contributed by atoms with Crippen LogP contribution in [0.2, 0.25) is 0 Å². The van der Waals surface area contributed by atoms with Crippen molar-refractivity contribution in [2.24, 2.45) is 35.0 Å². The third-order valence-electron chi connectivity index (χ3n) is 9.65. The van der Waals surface area contributed by atoms with Gasteiger partial charge < -0.3 is 10.2 Å². The first-order valence-electron chi connectivity index (χ1n) is 14.5. The average molecular weight is 505 g/mol. The molecule has 3 aliphatic carbocycles. The second-order valence-corrected chi connectivity index (χ2v) is 13.6. The maximum Gasteiger partial charge on any atom is 0.100 e. The monoisotopic (exact) mass is 504 g/mol. The Bertz CT molecular complexity index is 785. The van der Waals surface area contributed by atoms with E-state index in [0.29, 0.717) is 29.2 Å². The lowest BCUT2D eigenvalue weighted by molar-refractivity contribution is 0.0120. The molecule has 0 amide bonds. The summed E-state index contributed by atoms with van der Waals surface area (Å²) in [6, 6.07) is 0.494. The maximum atomic E-state index is 14.0. The van der Waals surface area contributed by atoms with Crippen LogP contribution in [-0.2, 0) is 0 Å². The van der Waals surface area contributed by atoms with Crippen LogP contribution in [0.4, 0.5) is 4.39 Å². The molecule has 4 aliphatic rings. The molecule has 1 aliphatic heterocycles. The normalized spacial score (nSPS) is 35.0. The Morgan fingerprint density at radius 2 is 2.00 bits per heavy atom. The van der Waals surface area contributed by atoms with Gasteiger partial charge in [-0.05, 0) is 92.9 Å². The van der Waals surface area contributed by atoms with Crippen molar-refractivity contribution in [2.45, 2.75) is 97.7 Å². The highest BCUT2D eigenvalue weighted by Crippen LogP contribution is 2.45. The second-order valence-electron chi connectivity index (χ2n) is 13.1. The molecule has 2 fully saturated rings. The Labute approximate surface area is 219 Å². The Hall–Kier alpha value is -0.640. The van der Waals surface area contributed by atoms with Gasteiger partial charge in [0.15, 0.2) is 0 Å². The summed E-state index contributed by atoms with van der Waals surface area (Å²) in [5.74, 6) is 3.24. The van der Waals surface area contributed by atoms with Crippen LogP contribution in [0.1, 0.15) is 85.5 Å². The summed E-state index contributed by atoms with van der Waals surface area (Å²) < 4.78 is 14.0. The summed E-state index contributed by atoms with van der Waals surface area (Å²) in [4.78, 5) is 2.72. The van der Waals surface area contributed by atoms with Crippen LogP contribution in [0.5, 0.6) is 0 Å². The molecule has 4 rings (SSSR count). The topological polar surface area (TPSA) is 15.3 Å². The van der Waals surface area contributed by atoms with Gasteiger partial charge in [0, 0.05) is 30.7 Å². The Morgan fingerprint density at radius 1 is 1.17 bits per heavy atom. The number of hydrogen-bond donors (Lipinski definition) is 1. The lowest BCUT2D eigenvalue weighted by Crippen LogP contribution is -2.53. The first kappa shape index (κ1) is 27.4. The number of alkyl halides is 1. The smallest absolute Gasteiger partial charge is 0.100 e. The lowest BCUT2D eigenvalue weighted by atomic mass is 9.65. The van der Waals surface area contributed by atoms with Crippen molar-refractivity contribution in [3.8, 4) is 0 Å². The van der Waals surface area contributed by atoms with E-state index in [0.717, 1.165) is 62.1 Å². The molecule has 1 saturated heterocycles. The zero-order valence-electron chi connectivity index (χ0n) is 22.7. The van der Waals surface area contributed by atoms with Crippen molar-refractivity contribution in [1.82, 2.24) is 10.2 Å². The summed E-state index contributed by atoms with van der Waals surface area (Å²) in [6.45, 7) is 14.2. The predicted octanol–water partition coefficient (Wildman–Crippen LogP) is 7.90. The average Bonchev–Trinajstić information content (AvgIpc) is 2.82. The molecule has 6 atom stereocenters. The second kappa shape index (κ2) is 12.3. The number of rotatable bonds is 8. The molecular formula is C31H50ClFN2. The maximum absolute atomic E-state index is 14.0. The van der Waals surface area contributed by atoms with Gasteiger partial charge in [-0.1, -0.05) is 75.6 Å². The minimum atomic E-state index is -0.583. The molecule has 1 N–H and O–H groups in total. The van der Waals surface area contributed by atoms with Gasteiger partial charge in [0.1, 0.15) is 6.17 Å². The molecule has 0 aromatic rings. The zero-order chi connectivity index (χ0) is 25.0. The van der Waals surface area contributed by atoms with E-state index in [1.807, 2.05) is 0 Å². The molecule has 2 nitrogen and oxygen atoms in total. The Balaban J connectivity index is 1.27. The van der Waals surface area contributed by atoms with Crippen molar-refractivity contribution >= 4 is 11.6 Å². The van der Waals surface area contributed by atoms with Gasteiger partial charge in [0.25, 0.3) is 0 Å². The van der Waals surface area contributed by atoms with Crippen LogP contribution in [-0.4, -0.2) is 43.3 Å². The SMILES string of the molecule is CC(C)[C@H](CN1CC[C@H](C2CC=C(Cl)CC2)C(C)(C)C1)NCC1=CC=CC(C2CCCC(F)C2)C1. The van der Waals surface area contributed by atoms with Gasteiger partial charge >= 0.3 is 0 Å². The standard InChI is InChI=1S/C31H50ClFN2/c1-22(2)30(34-19-23-7-5-8-25(17-23)26-9-6-10-28(33)18-26)20-35-16-15-29(31(3,4)21-35)24-11-13-27(32)14-12-24/h5,7-8,13,22,24-26,28-30,34H,6,9-12,14-21H2,1-4H3/t24?,25?,26?,28?,29-,30+/m1/s1. The highest BCUT2D eigenvalue weighted by molar-refractivity contribution is 6.29. The van der Waals surface area contributed by atoms with E-state index in [4.69, 9.17) is 11.6 Å². The van der Waals surface area contributed by atoms with Crippen LogP contribution >= 0.6 is 11.6 Å². The molecule has 0 aromatic heterocycles. The van der Waals surface area contributed by atoms with E-state index < -0.39 is 6.17 Å². The van der Waals surface area contributed by atoms with Gasteiger partial charge in [-0.2, -0.15) is 0 Å². The van der Waals surface area contributed by atoms with Crippen molar-refractivity contribution in [1.29, 1.82) is 0 Å². The largest absolute Gasteiger partial charge is 0.309 e. The van der Waals surface area contributed by atoms with E-state index in [-0.39, 0.29) is 0 Å². The molecule has 0 bridgehead atoms. The molecule has 0 spiro atoms. The van der Waals surface area contributed by atoms with E-state index >= 15 is 0 Å². The van der Waals surface area contributed by atoms with E-state index in [1.165, 1.54) is 44.3 Å². The number of likely N-dealkylation sites (tertiary alicyclic amines) is 1. The van der Waals surface area contributed by atoms with Gasteiger partial charge in [-0.3, -0.25) is 0 Å². The highest BCUT2D eigenvalue weighted by atomic mass is 35.5. The zero-order valence-corrected chi connectivity index (χ0v) is 23.5. The number of nitrogens with zero attached hydrogens (tertiary/aromatic N) is 1. The van der Waals surface area contributed by atoms with E-state index in [2.05, 4.69) is 62.2 Å². The molecule has 4 unspecified atom stereocenters. The van der Waals surface area contributed by atoms with Crippen LogP contribution in [0.25, 0.3) is 0 Å². The van der Waals surface area contributed by atoms with E-state index in [1.54, 1.807) is 0 Å². The quantitative estimate of drug-likeness (QED) is 0.361. The number of piperidine rings is 1. The third-order valence-corrected chi connectivity index (χ3v) is 9.99. The first-order valence-corrected chi connectivity index (χ1v) is 14.9. The molecule has 35 heavy (non-hydrogen) atoms. The molecule has 1 heterocycles. The fraction of sp³-hybridized carbons (Fsp3) is 0.806. The number of hydrogen-bond acceptors (Lipinski definition) is 2. The van der Waals surface area contributed by atoms with Crippen molar-refractivity contribution < 1.29 is 4.39 Å². The minimum Gasteiger partial charge on any atom is -0.309 e. The highest BCUT2D eigenvalue weighted by Gasteiger charge is 2.40. The van der Waals surface area contributed by atoms with Crippen LogP contribution in [0, 0.1) is 35.0 Å². The van der Waals surface area contributed by atoms with Crippen LogP contribution < -0.4 is 5.32 Å². The molecule has 0 radical (unpaired) electrons. The van der Waals surface area contributed by atoms with Crippen molar-refractivity contribution in [2.75, 3.05) is 26.2 Å². The number of allylic oxidation sites excluding steroid dienone is 5. The molecule has 1 saturated carbocycles. The summed E-state index contributed by atoms with van der Waals surface area (Å²) in [5, 5.41) is 5.01. The summed E-state index contributed by atoms with van der Waals surface area (Å²) >= 11 is 6.26. The van der Waals surface area contributed by atoms with Gasteiger partial charge in [-0.15, -0.1) is 0 Å². The summed E-state index contributed by atoms with van der Waals surface area (Å²) in [6.07, 6.45) is 18.3. The third kappa shape index (κ3) is 7.45. The van der Waals surface area contributed by atoms with Crippen molar-refractivity contribution in [3.05, 3.63) is 34.9 Å². The van der Waals surface area contributed by atoms with Gasteiger partial charge in [0.05, 0.1) is 0 Å². The summed E-state index contributed by atoms with van der Waals surface area (Å²) in [7, 11) is 0. The Kier molecular flexibility index (Phi) is 9.60. The van der Waals surface area contributed by atoms with Crippen LogP contribution in [0.15, 0.2) is 34.9 Å². The van der Waals surface area contributed by atoms with E-state index in [9.17, 15) is 4.39 Å². The van der Waals surface area contributed by atoms with Gasteiger partial charge in [-0.25, -0.2) is 4.39 Å². The molecule has 198 valence electrons. The summed E-state index contributed by atoms with van der Waals surface area (Å²) in [5.41, 5.74) is 1.84. The lowest BCUT2D eigenvalue weighted by Gasteiger charge is -2.49. The number of nitrogens with one attached hydrogen (secondary N) is 1.